The Hall–Kier alpha value is -0.900. The molecule has 0 spiro atoms. The average Bonchev–Trinajstić information content (AvgIpc) is 2.26. The van der Waals surface area contributed by atoms with E-state index in [0.29, 0.717) is 0 Å². The molecule has 2 aliphatic heterocycles. The van der Waals surface area contributed by atoms with E-state index in [2.05, 4.69) is 0 Å². The van der Waals surface area contributed by atoms with E-state index < -0.39 is 6.10 Å². The Bertz CT molecular complexity index is 300. The highest BCUT2D eigenvalue weighted by Gasteiger charge is 2.60. The molecule has 1 amide bonds. The highest BCUT2D eigenvalue weighted by molar-refractivity contribution is 6.00. The Morgan fingerprint density at radius 1 is 1.36 bits per heavy atom. The van der Waals surface area contributed by atoms with Crippen LogP contribution in [0.15, 0.2) is 0 Å². The molecule has 0 aliphatic carbocycles. The maximum Gasteiger partial charge on any atom is 0.231 e. The maximum atomic E-state index is 11.6. The van der Waals surface area contributed by atoms with Gasteiger partial charge in [-0.3, -0.25) is 9.59 Å². The minimum absolute atomic E-state index is 0.0648. The lowest BCUT2D eigenvalue weighted by atomic mass is 9.79. The normalized spacial score (nSPS) is 43.6. The molecule has 0 radical (unpaired) electrons. The van der Waals surface area contributed by atoms with Crippen molar-refractivity contribution in [2.24, 2.45) is 11.8 Å². The van der Waals surface area contributed by atoms with E-state index in [1.807, 2.05) is 6.92 Å². The molecule has 1 N–H and O–H groups in total. The molecule has 2 aliphatic rings. The van der Waals surface area contributed by atoms with Gasteiger partial charge >= 0.3 is 0 Å². The van der Waals surface area contributed by atoms with Crippen molar-refractivity contribution in [1.82, 2.24) is 4.90 Å². The molecule has 4 heteroatoms. The number of aliphatic hydroxyl groups excluding tert-OH is 1. The molecule has 0 aromatic rings. The number of carbonyl (C=O) groups is 2. The van der Waals surface area contributed by atoms with Gasteiger partial charge in [-0.1, -0.05) is 6.92 Å². The minimum Gasteiger partial charge on any atom is -0.393 e. The first-order valence-electron chi connectivity index (χ1n) is 5.00. The van der Waals surface area contributed by atoms with E-state index in [1.165, 1.54) is 0 Å². The molecule has 14 heavy (non-hydrogen) atoms. The van der Waals surface area contributed by atoms with Crippen molar-refractivity contribution < 1.29 is 14.7 Å². The van der Waals surface area contributed by atoms with Gasteiger partial charge < -0.3 is 10.0 Å². The number of nitrogens with zero attached hydrogens (tertiary/aromatic N) is 1. The van der Waals surface area contributed by atoms with Gasteiger partial charge in [-0.15, -0.1) is 0 Å². The topological polar surface area (TPSA) is 57.6 Å². The van der Waals surface area contributed by atoms with E-state index in [9.17, 15) is 14.7 Å². The zero-order valence-corrected chi connectivity index (χ0v) is 8.60. The summed E-state index contributed by atoms with van der Waals surface area (Å²) in [6.07, 6.45) is -0.649. The number of hydrogen-bond donors (Lipinski definition) is 1. The highest BCUT2D eigenvalue weighted by Crippen LogP contribution is 2.42. The third-order valence-electron chi connectivity index (χ3n) is 3.54. The van der Waals surface area contributed by atoms with E-state index in [1.54, 1.807) is 18.7 Å². The van der Waals surface area contributed by atoms with E-state index in [-0.39, 0.29) is 35.6 Å². The molecule has 0 bridgehead atoms. The third kappa shape index (κ3) is 0.919. The number of carbonyl (C=O) groups excluding carboxylic acids is 2. The van der Waals surface area contributed by atoms with Crippen LogP contribution in [0.5, 0.6) is 0 Å². The smallest absolute Gasteiger partial charge is 0.231 e. The summed E-state index contributed by atoms with van der Waals surface area (Å²) in [5.41, 5.74) is 0. The van der Waals surface area contributed by atoms with Crippen LogP contribution in [0.2, 0.25) is 0 Å². The van der Waals surface area contributed by atoms with E-state index in [0.717, 1.165) is 0 Å². The number of rotatable bonds is 1. The standard InChI is InChI=1S/C10H15NO3/c1-4-8-7(6(3)12)10(14)11(8)5(2)9(4)13/h4-8,12H,1-3H3/t4-,5?,6-,7-,8-/m1/s1. The Labute approximate surface area is 82.9 Å². The van der Waals surface area contributed by atoms with Crippen LogP contribution in [-0.2, 0) is 9.59 Å². The Morgan fingerprint density at radius 2 is 1.93 bits per heavy atom. The van der Waals surface area contributed by atoms with Crippen LogP contribution in [0.4, 0.5) is 0 Å². The quantitative estimate of drug-likeness (QED) is 0.592. The monoisotopic (exact) mass is 197 g/mol. The summed E-state index contributed by atoms with van der Waals surface area (Å²) in [7, 11) is 0. The van der Waals surface area contributed by atoms with Crippen molar-refractivity contribution in [3.05, 3.63) is 0 Å². The van der Waals surface area contributed by atoms with Gasteiger partial charge in [0, 0.05) is 5.92 Å². The molecule has 2 heterocycles. The third-order valence-corrected chi connectivity index (χ3v) is 3.54. The summed E-state index contributed by atoms with van der Waals surface area (Å²) in [5.74, 6) is -0.442. The molecule has 2 saturated heterocycles. The summed E-state index contributed by atoms with van der Waals surface area (Å²) >= 11 is 0. The summed E-state index contributed by atoms with van der Waals surface area (Å²) in [4.78, 5) is 24.8. The second-order valence-electron chi connectivity index (χ2n) is 4.37. The number of aliphatic hydroxyl groups is 1. The molecule has 0 saturated carbocycles. The molecule has 4 nitrogen and oxygen atoms in total. The van der Waals surface area contributed by atoms with Crippen LogP contribution in [0.3, 0.4) is 0 Å². The molecule has 2 rings (SSSR count). The van der Waals surface area contributed by atoms with Crippen LogP contribution in [0, 0.1) is 11.8 Å². The molecule has 2 fully saturated rings. The molecule has 78 valence electrons. The van der Waals surface area contributed by atoms with Crippen molar-refractivity contribution in [2.75, 3.05) is 0 Å². The molecule has 0 aromatic heterocycles. The number of amides is 1. The highest BCUT2D eigenvalue weighted by atomic mass is 16.3. The largest absolute Gasteiger partial charge is 0.393 e. The Kier molecular flexibility index (Phi) is 1.93. The summed E-state index contributed by atoms with van der Waals surface area (Å²) in [6, 6.07) is -0.359. The van der Waals surface area contributed by atoms with Crippen LogP contribution in [0.25, 0.3) is 0 Å². The zero-order chi connectivity index (χ0) is 10.6. The lowest BCUT2D eigenvalue weighted by Crippen LogP contribution is -2.64. The van der Waals surface area contributed by atoms with Gasteiger partial charge in [0.25, 0.3) is 0 Å². The van der Waals surface area contributed by atoms with Crippen LogP contribution >= 0.6 is 0 Å². The predicted octanol–water partition coefficient (Wildman–Crippen LogP) is -0.199. The van der Waals surface area contributed by atoms with Gasteiger partial charge in [0.2, 0.25) is 5.91 Å². The fourth-order valence-electron chi connectivity index (χ4n) is 2.73. The molecule has 1 unspecified atom stereocenters. The van der Waals surface area contributed by atoms with Crippen molar-refractivity contribution in [1.29, 1.82) is 0 Å². The second kappa shape index (κ2) is 2.79. The number of ketones is 1. The summed E-state index contributed by atoms with van der Waals surface area (Å²) in [5, 5.41) is 9.42. The zero-order valence-electron chi connectivity index (χ0n) is 8.60. The van der Waals surface area contributed by atoms with E-state index in [4.69, 9.17) is 0 Å². The van der Waals surface area contributed by atoms with Crippen LogP contribution < -0.4 is 0 Å². The minimum atomic E-state index is -0.649. The van der Waals surface area contributed by atoms with E-state index >= 15 is 0 Å². The van der Waals surface area contributed by atoms with Gasteiger partial charge in [-0.25, -0.2) is 0 Å². The number of β-lactam (4-membered cyclic amide) rings is 1. The predicted molar refractivity (Wildman–Crippen MR) is 49.4 cm³/mol. The molecule has 5 atom stereocenters. The van der Waals surface area contributed by atoms with Crippen LogP contribution in [0.1, 0.15) is 20.8 Å². The first-order valence-corrected chi connectivity index (χ1v) is 5.00. The summed E-state index contributed by atoms with van der Waals surface area (Å²) < 4.78 is 0. The van der Waals surface area contributed by atoms with Gasteiger partial charge in [-0.2, -0.15) is 0 Å². The van der Waals surface area contributed by atoms with Crippen LogP contribution in [-0.4, -0.2) is 39.9 Å². The number of Topliss-reactive ketones (excluding diaryl/α,β-unsaturated/α-hetero) is 1. The lowest BCUT2D eigenvalue weighted by Gasteiger charge is -2.46. The maximum absolute atomic E-state index is 11.6. The summed E-state index contributed by atoms with van der Waals surface area (Å²) in [6.45, 7) is 5.21. The van der Waals surface area contributed by atoms with Crippen molar-refractivity contribution in [2.45, 2.75) is 39.0 Å². The lowest BCUT2D eigenvalue weighted by molar-refractivity contribution is -0.164. The van der Waals surface area contributed by atoms with Gasteiger partial charge in [0.1, 0.15) is 0 Å². The average molecular weight is 197 g/mol. The first-order chi connectivity index (χ1) is 6.46. The second-order valence-corrected chi connectivity index (χ2v) is 4.37. The number of hydrogen-bond acceptors (Lipinski definition) is 3. The van der Waals surface area contributed by atoms with Crippen molar-refractivity contribution in [3.8, 4) is 0 Å². The number of fused-ring (bicyclic) bond motifs is 1. The van der Waals surface area contributed by atoms with Crippen molar-refractivity contribution >= 4 is 11.7 Å². The molecular weight excluding hydrogens is 182 g/mol. The van der Waals surface area contributed by atoms with Gasteiger partial charge in [-0.05, 0) is 13.8 Å². The Balaban J connectivity index is 2.27. The fourth-order valence-corrected chi connectivity index (χ4v) is 2.73. The van der Waals surface area contributed by atoms with Crippen molar-refractivity contribution in [3.63, 3.8) is 0 Å². The Morgan fingerprint density at radius 3 is 2.43 bits per heavy atom. The molecular formula is C10H15NO3. The van der Waals surface area contributed by atoms with Gasteiger partial charge in [0.15, 0.2) is 5.78 Å². The SMILES string of the molecule is CC1C(=O)[C@H](C)[C@@H]2[C@@H]([C@@H](C)O)C(=O)N12. The fraction of sp³-hybridized carbons (Fsp3) is 0.800. The molecule has 0 aromatic carbocycles. The van der Waals surface area contributed by atoms with Gasteiger partial charge in [0.05, 0.1) is 24.1 Å². The first kappa shape index (κ1) is 9.65.